The highest BCUT2D eigenvalue weighted by atomic mass is 16.5. The summed E-state index contributed by atoms with van der Waals surface area (Å²) in [7, 11) is 1.76. The molecule has 0 spiro atoms. The third-order valence-corrected chi connectivity index (χ3v) is 5.59. The molecule has 2 N–H and O–H groups in total. The van der Waals surface area contributed by atoms with Crippen molar-refractivity contribution in [3.8, 4) is 5.75 Å². The summed E-state index contributed by atoms with van der Waals surface area (Å²) in [6.07, 6.45) is 2.44. The molecule has 1 aliphatic rings. The summed E-state index contributed by atoms with van der Waals surface area (Å²) in [5, 5.41) is 6.72. The minimum Gasteiger partial charge on any atom is -0.489 e. The Morgan fingerprint density at radius 2 is 1.84 bits per heavy atom. The van der Waals surface area contributed by atoms with Crippen LogP contribution in [0.2, 0.25) is 0 Å². The topological polar surface area (TPSA) is 66.0 Å². The molecule has 0 bridgehead atoms. The Hall–Kier alpha value is -3.02. The molecule has 3 rings (SSSR count). The monoisotopic (exact) mass is 422 g/mol. The molecule has 6 nitrogen and oxygen atoms in total. The molecule has 2 aromatic carbocycles. The van der Waals surface area contributed by atoms with Gasteiger partial charge in [0.1, 0.15) is 11.9 Å². The van der Waals surface area contributed by atoms with Crippen LogP contribution in [0.3, 0.4) is 0 Å². The summed E-state index contributed by atoms with van der Waals surface area (Å²) >= 11 is 0. The van der Waals surface area contributed by atoms with Gasteiger partial charge in [-0.1, -0.05) is 55.5 Å². The maximum atomic E-state index is 12.4. The van der Waals surface area contributed by atoms with E-state index in [9.17, 15) is 4.79 Å². The van der Waals surface area contributed by atoms with Crippen molar-refractivity contribution in [2.24, 2.45) is 10.9 Å². The zero-order valence-electron chi connectivity index (χ0n) is 18.6. The van der Waals surface area contributed by atoms with Crippen molar-refractivity contribution in [3.63, 3.8) is 0 Å². The van der Waals surface area contributed by atoms with Gasteiger partial charge >= 0.3 is 0 Å². The molecule has 1 amide bonds. The lowest BCUT2D eigenvalue weighted by Crippen LogP contribution is -2.44. The van der Waals surface area contributed by atoms with Gasteiger partial charge in [0.15, 0.2) is 5.96 Å². The van der Waals surface area contributed by atoms with Crippen LogP contribution in [0.25, 0.3) is 0 Å². The second-order valence-electron chi connectivity index (χ2n) is 7.94. The molecule has 0 saturated carbocycles. The van der Waals surface area contributed by atoms with Crippen molar-refractivity contribution >= 4 is 11.9 Å². The van der Waals surface area contributed by atoms with E-state index in [0.717, 1.165) is 44.2 Å². The first-order valence-corrected chi connectivity index (χ1v) is 11.2. The first-order chi connectivity index (χ1) is 15.2. The first kappa shape index (κ1) is 22.7. The van der Waals surface area contributed by atoms with Crippen LogP contribution in [0.1, 0.15) is 25.3 Å². The number of carbonyl (C=O) groups is 1. The number of hydrogen-bond donors (Lipinski definition) is 2. The summed E-state index contributed by atoms with van der Waals surface area (Å²) in [5.74, 6) is 2.15. The van der Waals surface area contributed by atoms with Crippen molar-refractivity contribution in [3.05, 3.63) is 66.2 Å². The van der Waals surface area contributed by atoms with Crippen LogP contribution in [0.15, 0.2) is 65.7 Å². The summed E-state index contributed by atoms with van der Waals surface area (Å²) < 4.78 is 6.03. The fourth-order valence-electron chi connectivity index (χ4n) is 3.75. The Balaban J connectivity index is 1.39. The number of benzene rings is 2. The summed E-state index contributed by atoms with van der Waals surface area (Å²) in [4.78, 5) is 18.7. The Labute approximate surface area is 185 Å². The molecule has 0 aromatic heterocycles. The standard InChI is InChI=1S/C25H34N4O2/c1-3-22(31-23-12-8-5-9-13-23)18-28-25(26-2)27-17-21-16-24(30)29(19-21)15-14-20-10-6-4-7-11-20/h4-13,21-22H,3,14-19H2,1-2H3,(H2,26,27,28). The Kier molecular flexibility index (Phi) is 8.76. The Bertz CT molecular complexity index is 826. The molecule has 31 heavy (non-hydrogen) atoms. The lowest BCUT2D eigenvalue weighted by Gasteiger charge is -2.21. The van der Waals surface area contributed by atoms with Crippen molar-refractivity contribution in [2.45, 2.75) is 32.3 Å². The van der Waals surface area contributed by atoms with Gasteiger partial charge in [-0.25, -0.2) is 0 Å². The van der Waals surface area contributed by atoms with Crippen molar-refractivity contribution < 1.29 is 9.53 Å². The average molecular weight is 423 g/mol. The molecule has 1 heterocycles. The van der Waals surface area contributed by atoms with Crippen LogP contribution >= 0.6 is 0 Å². The smallest absolute Gasteiger partial charge is 0.223 e. The van der Waals surface area contributed by atoms with Gasteiger partial charge in [0.2, 0.25) is 5.91 Å². The maximum Gasteiger partial charge on any atom is 0.223 e. The van der Waals surface area contributed by atoms with E-state index < -0.39 is 0 Å². The zero-order valence-corrected chi connectivity index (χ0v) is 18.6. The third-order valence-electron chi connectivity index (χ3n) is 5.59. The van der Waals surface area contributed by atoms with Gasteiger partial charge in [-0.05, 0) is 30.5 Å². The van der Waals surface area contributed by atoms with Crippen LogP contribution in [-0.4, -0.2) is 56.1 Å². The number of hydrogen-bond acceptors (Lipinski definition) is 3. The Morgan fingerprint density at radius 1 is 1.13 bits per heavy atom. The highest BCUT2D eigenvalue weighted by Crippen LogP contribution is 2.17. The van der Waals surface area contributed by atoms with Gasteiger partial charge in [0.05, 0.1) is 6.54 Å². The molecule has 1 aliphatic heterocycles. The fourth-order valence-corrected chi connectivity index (χ4v) is 3.75. The quantitative estimate of drug-likeness (QED) is 0.456. The van der Waals surface area contributed by atoms with E-state index in [0.29, 0.717) is 18.9 Å². The zero-order chi connectivity index (χ0) is 21.9. The first-order valence-electron chi connectivity index (χ1n) is 11.2. The van der Waals surface area contributed by atoms with Crippen LogP contribution in [0, 0.1) is 5.92 Å². The van der Waals surface area contributed by atoms with Crippen LogP contribution in [0.4, 0.5) is 0 Å². The largest absolute Gasteiger partial charge is 0.489 e. The highest BCUT2D eigenvalue weighted by Gasteiger charge is 2.29. The number of amides is 1. The molecule has 2 unspecified atom stereocenters. The van der Waals surface area contributed by atoms with Crippen LogP contribution in [-0.2, 0) is 11.2 Å². The van der Waals surface area contributed by atoms with E-state index in [1.54, 1.807) is 7.05 Å². The number of ether oxygens (including phenoxy) is 1. The predicted octanol–water partition coefficient (Wildman–Crippen LogP) is 3.10. The molecule has 1 saturated heterocycles. The minimum absolute atomic E-state index is 0.0579. The van der Waals surface area contributed by atoms with Crippen molar-refractivity contribution in [2.75, 3.05) is 33.2 Å². The molecular weight excluding hydrogens is 388 g/mol. The van der Waals surface area contributed by atoms with Gasteiger partial charge in [-0.2, -0.15) is 0 Å². The number of nitrogens with one attached hydrogen (secondary N) is 2. The number of guanidine groups is 1. The lowest BCUT2D eigenvalue weighted by atomic mass is 10.1. The second kappa shape index (κ2) is 12.0. The second-order valence-corrected chi connectivity index (χ2v) is 7.94. The number of aliphatic imine (C=N–C) groups is 1. The van der Waals surface area contributed by atoms with Gasteiger partial charge in [-0.15, -0.1) is 0 Å². The van der Waals surface area contributed by atoms with Crippen molar-refractivity contribution in [1.82, 2.24) is 15.5 Å². The van der Waals surface area contributed by atoms with E-state index in [2.05, 4.69) is 34.7 Å². The number of carbonyl (C=O) groups excluding carboxylic acids is 1. The normalized spacial score (nSPS) is 17.5. The molecule has 2 atom stereocenters. The third kappa shape index (κ3) is 7.31. The van der Waals surface area contributed by atoms with Crippen LogP contribution < -0.4 is 15.4 Å². The number of para-hydroxylation sites is 1. The summed E-state index contributed by atoms with van der Waals surface area (Å²) in [5.41, 5.74) is 1.27. The van der Waals surface area contributed by atoms with E-state index in [1.165, 1.54) is 5.56 Å². The molecule has 2 aromatic rings. The SMILES string of the molecule is CCC(CNC(=NC)NCC1CC(=O)N(CCc2ccccc2)C1)Oc1ccccc1. The predicted molar refractivity (Wildman–Crippen MR) is 125 cm³/mol. The molecule has 6 heteroatoms. The van der Waals surface area contributed by atoms with E-state index >= 15 is 0 Å². The molecule has 1 fully saturated rings. The maximum absolute atomic E-state index is 12.4. The molecule has 0 aliphatic carbocycles. The Morgan fingerprint density at radius 3 is 2.52 bits per heavy atom. The lowest BCUT2D eigenvalue weighted by molar-refractivity contribution is -0.127. The van der Waals surface area contributed by atoms with E-state index in [1.807, 2.05) is 53.4 Å². The van der Waals surface area contributed by atoms with Crippen LogP contribution in [0.5, 0.6) is 5.75 Å². The van der Waals surface area contributed by atoms with Gasteiger partial charge in [0, 0.05) is 39.0 Å². The van der Waals surface area contributed by atoms with E-state index in [4.69, 9.17) is 4.74 Å². The number of nitrogens with zero attached hydrogens (tertiary/aromatic N) is 2. The molecule has 0 radical (unpaired) electrons. The summed E-state index contributed by atoms with van der Waals surface area (Å²) in [6, 6.07) is 20.2. The van der Waals surface area contributed by atoms with Gasteiger partial charge in [0.25, 0.3) is 0 Å². The van der Waals surface area contributed by atoms with Gasteiger partial charge in [-0.3, -0.25) is 9.79 Å². The average Bonchev–Trinajstić information content (AvgIpc) is 3.17. The van der Waals surface area contributed by atoms with E-state index in [-0.39, 0.29) is 12.0 Å². The van der Waals surface area contributed by atoms with Crippen molar-refractivity contribution in [1.29, 1.82) is 0 Å². The molecule has 166 valence electrons. The fraction of sp³-hybridized carbons (Fsp3) is 0.440. The number of likely N-dealkylation sites (tertiary alicyclic amines) is 1. The summed E-state index contributed by atoms with van der Waals surface area (Å²) in [6.45, 7) is 5.08. The highest BCUT2D eigenvalue weighted by molar-refractivity contribution is 5.80. The number of rotatable bonds is 10. The molecular formula is C25H34N4O2. The van der Waals surface area contributed by atoms with Gasteiger partial charge < -0.3 is 20.3 Å². The minimum atomic E-state index is 0.0579.